The standard InChI is InChI=1S/C13H24/c1-5-7-9-13(8-6-2)11-10-12(3)4/h9-12H,5-8H2,1-4H3/b11-10+,13-9+. The summed E-state index contributed by atoms with van der Waals surface area (Å²) >= 11 is 0. The summed E-state index contributed by atoms with van der Waals surface area (Å²) in [6, 6.07) is 0. The first-order chi connectivity index (χ1) is 6.20. The van der Waals surface area contributed by atoms with Crippen molar-refractivity contribution in [1.29, 1.82) is 0 Å². The molecule has 0 radical (unpaired) electrons. The van der Waals surface area contributed by atoms with Crippen LogP contribution in [0.4, 0.5) is 0 Å². The third-order valence-electron chi connectivity index (χ3n) is 1.93. The van der Waals surface area contributed by atoms with Crippen molar-refractivity contribution in [2.45, 2.75) is 53.4 Å². The monoisotopic (exact) mass is 180 g/mol. The van der Waals surface area contributed by atoms with Crippen molar-refractivity contribution in [3.05, 3.63) is 23.8 Å². The van der Waals surface area contributed by atoms with E-state index in [1.165, 1.54) is 31.3 Å². The molecule has 0 unspecified atom stereocenters. The van der Waals surface area contributed by atoms with Crippen molar-refractivity contribution >= 4 is 0 Å². The molecule has 0 fully saturated rings. The number of hydrogen-bond acceptors (Lipinski definition) is 0. The highest BCUT2D eigenvalue weighted by atomic mass is 14.0. The van der Waals surface area contributed by atoms with Crippen molar-refractivity contribution in [2.75, 3.05) is 0 Å². The molecule has 0 spiro atoms. The van der Waals surface area contributed by atoms with E-state index in [1.807, 2.05) is 0 Å². The van der Waals surface area contributed by atoms with Crippen molar-refractivity contribution in [2.24, 2.45) is 5.92 Å². The van der Waals surface area contributed by atoms with E-state index in [-0.39, 0.29) is 0 Å². The molecule has 0 aromatic carbocycles. The molecule has 0 aromatic heterocycles. The second kappa shape index (κ2) is 8.10. The van der Waals surface area contributed by atoms with Gasteiger partial charge in [-0.25, -0.2) is 0 Å². The molecule has 0 heteroatoms. The molecule has 0 atom stereocenters. The van der Waals surface area contributed by atoms with Crippen LogP contribution in [0, 0.1) is 5.92 Å². The molecule has 0 heterocycles. The van der Waals surface area contributed by atoms with E-state index >= 15 is 0 Å². The maximum Gasteiger partial charge on any atom is -0.0285 e. The lowest BCUT2D eigenvalue weighted by molar-refractivity contribution is 0.825. The number of allylic oxidation sites excluding steroid dienone is 4. The average Bonchev–Trinajstić information content (AvgIpc) is 2.09. The minimum absolute atomic E-state index is 0.668. The van der Waals surface area contributed by atoms with E-state index in [0.717, 1.165) is 0 Å². The maximum atomic E-state index is 2.38. The Hall–Kier alpha value is -0.520. The van der Waals surface area contributed by atoms with Gasteiger partial charge >= 0.3 is 0 Å². The van der Waals surface area contributed by atoms with Gasteiger partial charge in [0.15, 0.2) is 0 Å². The third kappa shape index (κ3) is 7.83. The predicted octanol–water partition coefficient (Wildman–Crippen LogP) is 4.73. The van der Waals surface area contributed by atoms with E-state index in [0.29, 0.717) is 5.92 Å². The Morgan fingerprint density at radius 2 is 1.85 bits per heavy atom. The second-order valence-electron chi connectivity index (χ2n) is 3.92. The molecule has 0 rings (SSSR count). The number of hydrogen-bond donors (Lipinski definition) is 0. The van der Waals surface area contributed by atoms with Crippen molar-refractivity contribution < 1.29 is 0 Å². The smallest absolute Gasteiger partial charge is 0.0285 e. The zero-order valence-electron chi connectivity index (χ0n) is 9.64. The average molecular weight is 180 g/mol. The molecule has 0 aromatic rings. The highest BCUT2D eigenvalue weighted by Crippen LogP contribution is 2.10. The molecule has 0 aliphatic carbocycles. The molecule has 0 aliphatic heterocycles. The van der Waals surface area contributed by atoms with Crippen LogP contribution in [0.3, 0.4) is 0 Å². The quantitative estimate of drug-likeness (QED) is 0.519. The molecule has 0 saturated heterocycles. The molecule has 13 heavy (non-hydrogen) atoms. The summed E-state index contributed by atoms with van der Waals surface area (Å²) in [7, 11) is 0. The van der Waals surface area contributed by atoms with Crippen LogP contribution in [0.15, 0.2) is 23.8 Å². The van der Waals surface area contributed by atoms with Crippen LogP contribution >= 0.6 is 0 Å². The summed E-state index contributed by atoms with van der Waals surface area (Å²) in [5, 5.41) is 0. The number of unbranched alkanes of at least 4 members (excludes halogenated alkanes) is 1. The first kappa shape index (κ1) is 12.5. The SMILES string of the molecule is CCC/C=C(/C=C/C(C)C)CCC. The molecule has 0 amide bonds. The minimum atomic E-state index is 0.668. The van der Waals surface area contributed by atoms with Gasteiger partial charge in [0, 0.05) is 0 Å². The summed E-state index contributed by atoms with van der Waals surface area (Å²) < 4.78 is 0. The Kier molecular flexibility index (Phi) is 7.77. The van der Waals surface area contributed by atoms with Crippen LogP contribution in [0.25, 0.3) is 0 Å². The molecule has 0 nitrogen and oxygen atoms in total. The van der Waals surface area contributed by atoms with Gasteiger partial charge in [-0.3, -0.25) is 0 Å². The normalized spacial score (nSPS) is 13.2. The van der Waals surface area contributed by atoms with Gasteiger partial charge in [0.05, 0.1) is 0 Å². The molecule has 0 N–H and O–H groups in total. The van der Waals surface area contributed by atoms with E-state index in [2.05, 4.69) is 45.9 Å². The first-order valence-electron chi connectivity index (χ1n) is 5.57. The van der Waals surface area contributed by atoms with Crippen molar-refractivity contribution in [3.63, 3.8) is 0 Å². The Morgan fingerprint density at radius 3 is 2.31 bits per heavy atom. The fourth-order valence-electron chi connectivity index (χ4n) is 1.19. The van der Waals surface area contributed by atoms with Crippen LogP contribution < -0.4 is 0 Å². The molecule has 0 bridgehead atoms. The third-order valence-corrected chi connectivity index (χ3v) is 1.93. The van der Waals surface area contributed by atoms with Crippen LogP contribution in [0.1, 0.15) is 53.4 Å². The van der Waals surface area contributed by atoms with Crippen LogP contribution in [-0.4, -0.2) is 0 Å². The predicted molar refractivity (Wildman–Crippen MR) is 61.9 cm³/mol. The Balaban J connectivity index is 4.08. The minimum Gasteiger partial charge on any atom is -0.0817 e. The fraction of sp³-hybridized carbons (Fsp3) is 0.692. The van der Waals surface area contributed by atoms with E-state index in [1.54, 1.807) is 0 Å². The lowest BCUT2D eigenvalue weighted by Crippen LogP contribution is -1.82. The van der Waals surface area contributed by atoms with Crippen LogP contribution in [-0.2, 0) is 0 Å². The van der Waals surface area contributed by atoms with Gasteiger partial charge in [-0.1, -0.05) is 64.3 Å². The van der Waals surface area contributed by atoms with Crippen LogP contribution in [0.2, 0.25) is 0 Å². The van der Waals surface area contributed by atoms with Gasteiger partial charge < -0.3 is 0 Å². The summed E-state index contributed by atoms with van der Waals surface area (Å²) in [6.45, 7) is 8.91. The molecular formula is C13H24. The maximum absolute atomic E-state index is 2.38. The zero-order chi connectivity index (χ0) is 10.1. The highest BCUT2D eigenvalue weighted by molar-refractivity contribution is 5.18. The Labute approximate surface area is 83.7 Å². The largest absolute Gasteiger partial charge is 0.0817 e. The lowest BCUT2D eigenvalue weighted by atomic mass is 10.1. The molecular weight excluding hydrogens is 156 g/mol. The zero-order valence-corrected chi connectivity index (χ0v) is 9.64. The number of rotatable bonds is 6. The van der Waals surface area contributed by atoms with Gasteiger partial charge in [0.25, 0.3) is 0 Å². The summed E-state index contributed by atoms with van der Waals surface area (Å²) in [5.74, 6) is 0.668. The van der Waals surface area contributed by atoms with Crippen molar-refractivity contribution in [3.8, 4) is 0 Å². The summed E-state index contributed by atoms with van der Waals surface area (Å²) in [4.78, 5) is 0. The Morgan fingerprint density at radius 1 is 1.15 bits per heavy atom. The summed E-state index contributed by atoms with van der Waals surface area (Å²) in [6.07, 6.45) is 11.9. The van der Waals surface area contributed by atoms with Crippen molar-refractivity contribution in [1.82, 2.24) is 0 Å². The summed E-state index contributed by atoms with van der Waals surface area (Å²) in [5.41, 5.74) is 1.51. The second-order valence-corrected chi connectivity index (χ2v) is 3.92. The van der Waals surface area contributed by atoms with Crippen LogP contribution in [0.5, 0.6) is 0 Å². The molecule has 0 aliphatic rings. The topological polar surface area (TPSA) is 0 Å². The van der Waals surface area contributed by atoms with Gasteiger partial charge in [0.1, 0.15) is 0 Å². The highest BCUT2D eigenvalue weighted by Gasteiger charge is 1.91. The molecule has 0 saturated carbocycles. The fourth-order valence-corrected chi connectivity index (χ4v) is 1.19. The van der Waals surface area contributed by atoms with Gasteiger partial charge in [-0.05, 0) is 18.8 Å². The lowest BCUT2D eigenvalue weighted by Gasteiger charge is -2.00. The van der Waals surface area contributed by atoms with Gasteiger partial charge in [-0.2, -0.15) is 0 Å². The van der Waals surface area contributed by atoms with E-state index in [9.17, 15) is 0 Å². The Bertz CT molecular complexity index is 161. The van der Waals surface area contributed by atoms with Gasteiger partial charge in [-0.15, -0.1) is 0 Å². The molecule has 76 valence electrons. The van der Waals surface area contributed by atoms with E-state index in [4.69, 9.17) is 0 Å². The van der Waals surface area contributed by atoms with E-state index < -0.39 is 0 Å². The van der Waals surface area contributed by atoms with Gasteiger partial charge in [0.2, 0.25) is 0 Å². The first-order valence-corrected chi connectivity index (χ1v) is 5.57.